The highest BCUT2D eigenvalue weighted by atomic mass is 79.9. The van der Waals surface area contributed by atoms with Crippen molar-refractivity contribution in [3.8, 4) is 22.4 Å². The molecule has 0 spiro atoms. The van der Waals surface area contributed by atoms with Gasteiger partial charge in [-0.25, -0.2) is 0 Å². The smallest absolute Gasteiger partial charge is 0.0702 e. The van der Waals surface area contributed by atoms with Crippen LogP contribution in [-0.4, -0.2) is 4.98 Å². The lowest BCUT2D eigenvalue weighted by Crippen LogP contribution is -1.86. The Balaban J connectivity index is 1.67. The summed E-state index contributed by atoms with van der Waals surface area (Å²) in [4.78, 5) is 4.49. The normalized spacial score (nSPS) is 11.1. The third kappa shape index (κ3) is 2.92. The summed E-state index contributed by atoms with van der Waals surface area (Å²) in [5, 5.41) is 5.15. The van der Waals surface area contributed by atoms with Gasteiger partial charge in [-0.1, -0.05) is 72.8 Å². The first kappa shape index (κ1) is 16.2. The summed E-state index contributed by atoms with van der Waals surface area (Å²) < 4.78 is 0.991. The van der Waals surface area contributed by atoms with Crippen LogP contribution in [0.25, 0.3) is 43.9 Å². The average molecular weight is 410 g/mol. The van der Waals surface area contributed by atoms with Crippen molar-refractivity contribution in [2.45, 2.75) is 0 Å². The number of halogens is 1. The Hall–Kier alpha value is -2.97. The van der Waals surface area contributed by atoms with E-state index >= 15 is 0 Å². The number of hydrogen-bond donors (Lipinski definition) is 0. The lowest BCUT2D eigenvalue weighted by molar-refractivity contribution is 1.31. The van der Waals surface area contributed by atoms with Crippen LogP contribution in [0.5, 0.6) is 0 Å². The number of aromatic nitrogens is 1. The molecule has 5 aromatic rings. The fourth-order valence-corrected chi connectivity index (χ4v) is 3.89. The van der Waals surface area contributed by atoms with Crippen molar-refractivity contribution in [2.24, 2.45) is 0 Å². The van der Waals surface area contributed by atoms with Crippen molar-refractivity contribution < 1.29 is 0 Å². The zero-order chi connectivity index (χ0) is 18.2. The van der Waals surface area contributed by atoms with E-state index in [2.05, 4.69) is 99.8 Å². The Labute approximate surface area is 166 Å². The van der Waals surface area contributed by atoms with Gasteiger partial charge in [0, 0.05) is 16.2 Å². The van der Waals surface area contributed by atoms with Crippen LogP contribution >= 0.6 is 15.9 Å². The Morgan fingerprint density at radius 3 is 2.00 bits per heavy atom. The summed E-state index contributed by atoms with van der Waals surface area (Å²) in [5.74, 6) is 0. The fourth-order valence-electron chi connectivity index (χ4n) is 3.66. The van der Waals surface area contributed by atoms with E-state index in [1.165, 1.54) is 32.7 Å². The number of nitrogens with zero attached hydrogens (tertiary/aromatic N) is 1. The molecule has 2 heteroatoms. The molecule has 0 fully saturated rings. The van der Waals surface area contributed by atoms with Crippen LogP contribution in [0.1, 0.15) is 0 Å². The van der Waals surface area contributed by atoms with E-state index in [-0.39, 0.29) is 0 Å². The molecular weight excluding hydrogens is 394 g/mol. The van der Waals surface area contributed by atoms with Gasteiger partial charge >= 0.3 is 0 Å². The van der Waals surface area contributed by atoms with Gasteiger partial charge in [0.2, 0.25) is 0 Å². The summed E-state index contributed by atoms with van der Waals surface area (Å²) in [6.07, 6.45) is 1.83. The molecule has 0 N–H and O–H groups in total. The molecule has 0 bridgehead atoms. The lowest BCUT2D eigenvalue weighted by atomic mass is 9.93. The SMILES string of the molecule is Brc1ccc(-c2ccc(-c3cc4ccccc4c4ccccc34)cc2)nc1. The molecule has 1 aromatic heterocycles. The largest absolute Gasteiger partial charge is 0.255 e. The molecule has 0 aliphatic carbocycles. The first-order chi connectivity index (χ1) is 13.3. The fraction of sp³-hybridized carbons (Fsp3) is 0. The van der Waals surface area contributed by atoms with Crippen molar-refractivity contribution in [1.29, 1.82) is 0 Å². The first-order valence-electron chi connectivity index (χ1n) is 8.92. The van der Waals surface area contributed by atoms with Gasteiger partial charge in [-0.05, 0) is 66.8 Å². The molecule has 0 radical (unpaired) electrons. The van der Waals surface area contributed by atoms with Gasteiger partial charge in [0.15, 0.2) is 0 Å². The molecule has 0 aliphatic rings. The van der Waals surface area contributed by atoms with Gasteiger partial charge in [-0.3, -0.25) is 4.98 Å². The maximum Gasteiger partial charge on any atom is 0.0702 e. The standard InChI is InChI=1S/C25H16BrN/c26-20-13-14-25(27-16-20)18-11-9-17(10-12-18)24-15-19-5-1-2-6-21(19)22-7-3-4-8-23(22)24/h1-16H. The van der Waals surface area contributed by atoms with Gasteiger partial charge in [0.1, 0.15) is 0 Å². The summed E-state index contributed by atoms with van der Waals surface area (Å²) in [6, 6.07) is 32.3. The zero-order valence-electron chi connectivity index (χ0n) is 14.6. The predicted molar refractivity (Wildman–Crippen MR) is 118 cm³/mol. The van der Waals surface area contributed by atoms with Crippen LogP contribution < -0.4 is 0 Å². The second kappa shape index (κ2) is 6.64. The molecule has 5 rings (SSSR count). The van der Waals surface area contributed by atoms with Crippen molar-refractivity contribution in [3.63, 3.8) is 0 Å². The number of benzene rings is 4. The van der Waals surface area contributed by atoms with E-state index in [1.807, 2.05) is 18.3 Å². The van der Waals surface area contributed by atoms with Crippen LogP contribution in [0.15, 0.2) is 102 Å². The van der Waals surface area contributed by atoms with Gasteiger partial charge in [0.05, 0.1) is 5.69 Å². The summed E-state index contributed by atoms with van der Waals surface area (Å²) >= 11 is 3.44. The summed E-state index contributed by atoms with van der Waals surface area (Å²) in [5.41, 5.74) is 4.59. The van der Waals surface area contributed by atoms with Crippen molar-refractivity contribution >= 4 is 37.5 Å². The predicted octanol–water partition coefficient (Wildman–Crippen LogP) is 7.48. The second-order valence-corrected chi connectivity index (χ2v) is 7.55. The second-order valence-electron chi connectivity index (χ2n) is 6.63. The highest BCUT2D eigenvalue weighted by Gasteiger charge is 2.08. The highest BCUT2D eigenvalue weighted by molar-refractivity contribution is 9.10. The topological polar surface area (TPSA) is 12.9 Å². The third-order valence-corrected chi connectivity index (χ3v) is 5.46. The van der Waals surface area contributed by atoms with E-state index in [4.69, 9.17) is 0 Å². The summed E-state index contributed by atoms with van der Waals surface area (Å²) in [7, 11) is 0. The Bertz CT molecular complexity index is 1260. The molecule has 0 aliphatic heterocycles. The maximum absolute atomic E-state index is 4.49. The highest BCUT2D eigenvalue weighted by Crippen LogP contribution is 2.35. The van der Waals surface area contributed by atoms with Crippen LogP contribution in [0.3, 0.4) is 0 Å². The lowest BCUT2D eigenvalue weighted by Gasteiger charge is -2.11. The van der Waals surface area contributed by atoms with Gasteiger partial charge in [-0.2, -0.15) is 0 Å². The van der Waals surface area contributed by atoms with Gasteiger partial charge in [-0.15, -0.1) is 0 Å². The number of pyridine rings is 1. The molecule has 0 amide bonds. The number of rotatable bonds is 2. The third-order valence-electron chi connectivity index (χ3n) is 4.99. The van der Waals surface area contributed by atoms with Crippen LogP contribution in [0, 0.1) is 0 Å². The minimum Gasteiger partial charge on any atom is -0.255 e. The van der Waals surface area contributed by atoms with E-state index in [1.54, 1.807) is 0 Å². The Morgan fingerprint density at radius 2 is 1.26 bits per heavy atom. The van der Waals surface area contributed by atoms with E-state index in [9.17, 15) is 0 Å². The Morgan fingerprint density at radius 1 is 0.593 bits per heavy atom. The molecule has 0 unspecified atom stereocenters. The number of fused-ring (bicyclic) bond motifs is 3. The molecule has 128 valence electrons. The van der Waals surface area contributed by atoms with E-state index in [0.29, 0.717) is 0 Å². The van der Waals surface area contributed by atoms with Crippen LogP contribution in [-0.2, 0) is 0 Å². The minimum atomic E-state index is 0.980. The molecular formula is C25H16BrN. The zero-order valence-corrected chi connectivity index (χ0v) is 16.1. The molecule has 4 aromatic carbocycles. The molecule has 27 heavy (non-hydrogen) atoms. The quantitative estimate of drug-likeness (QED) is 0.275. The molecule has 0 saturated carbocycles. The van der Waals surface area contributed by atoms with Crippen molar-refractivity contribution in [3.05, 3.63) is 102 Å². The maximum atomic E-state index is 4.49. The van der Waals surface area contributed by atoms with Crippen molar-refractivity contribution in [1.82, 2.24) is 4.98 Å². The monoisotopic (exact) mass is 409 g/mol. The van der Waals surface area contributed by atoms with Gasteiger partial charge in [0.25, 0.3) is 0 Å². The van der Waals surface area contributed by atoms with Gasteiger partial charge < -0.3 is 0 Å². The molecule has 0 saturated heterocycles. The van der Waals surface area contributed by atoms with Crippen molar-refractivity contribution in [2.75, 3.05) is 0 Å². The van der Waals surface area contributed by atoms with Crippen LogP contribution in [0.4, 0.5) is 0 Å². The van der Waals surface area contributed by atoms with E-state index in [0.717, 1.165) is 15.7 Å². The average Bonchev–Trinajstić information content (AvgIpc) is 2.74. The van der Waals surface area contributed by atoms with E-state index < -0.39 is 0 Å². The summed E-state index contributed by atoms with van der Waals surface area (Å²) in [6.45, 7) is 0. The first-order valence-corrected chi connectivity index (χ1v) is 9.72. The minimum absolute atomic E-state index is 0.980. The van der Waals surface area contributed by atoms with Crippen LogP contribution in [0.2, 0.25) is 0 Å². The number of hydrogen-bond acceptors (Lipinski definition) is 1. The Kier molecular flexibility index (Phi) is 3.99. The molecule has 1 nitrogen and oxygen atoms in total. The molecule has 0 atom stereocenters. The molecule has 1 heterocycles.